The van der Waals surface area contributed by atoms with Crippen LogP contribution in [-0.4, -0.2) is 27.6 Å². The Bertz CT molecular complexity index is 1180. The Morgan fingerprint density at radius 1 is 1.07 bits per heavy atom. The van der Waals surface area contributed by atoms with Crippen molar-refractivity contribution in [2.75, 3.05) is 13.2 Å². The van der Waals surface area contributed by atoms with Gasteiger partial charge in [0.25, 0.3) is 0 Å². The molecule has 0 spiro atoms. The molecule has 0 aliphatic carbocycles. The molecule has 0 aliphatic rings. The first-order valence-corrected chi connectivity index (χ1v) is 9.97. The van der Waals surface area contributed by atoms with E-state index in [4.69, 9.17) is 13.9 Å². The van der Waals surface area contributed by atoms with Crippen molar-refractivity contribution in [3.63, 3.8) is 0 Å². The van der Waals surface area contributed by atoms with E-state index in [0.717, 1.165) is 5.56 Å². The number of hydrogen-bond acceptors (Lipinski definition) is 7. The van der Waals surface area contributed by atoms with E-state index in [1.165, 1.54) is 24.3 Å². The summed E-state index contributed by atoms with van der Waals surface area (Å²) in [5.74, 6) is -0.235. The van der Waals surface area contributed by atoms with Crippen LogP contribution in [0.4, 0.5) is 0 Å². The number of benzene rings is 2. The van der Waals surface area contributed by atoms with Crippen molar-refractivity contribution >= 4 is 26.8 Å². The molecule has 0 atom stereocenters. The SMILES string of the molecule is CCOC(=O)COc1ccc2cc(S(=O)(=O)c3ccc(C)cc3)c(=O)oc2c1. The summed E-state index contributed by atoms with van der Waals surface area (Å²) < 4.78 is 40.8. The Labute approximate surface area is 161 Å². The molecule has 1 aromatic heterocycles. The Balaban J connectivity index is 1.95. The van der Waals surface area contributed by atoms with Gasteiger partial charge in [-0.15, -0.1) is 0 Å². The molecule has 0 N–H and O–H groups in total. The van der Waals surface area contributed by atoms with Crippen LogP contribution in [0.3, 0.4) is 0 Å². The van der Waals surface area contributed by atoms with E-state index in [2.05, 4.69) is 0 Å². The molecule has 7 nitrogen and oxygen atoms in total. The molecule has 0 saturated carbocycles. The van der Waals surface area contributed by atoms with Gasteiger partial charge in [0.2, 0.25) is 9.84 Å². The number of carbonyl (C=O) groups is 1. The second-order valence-corrected chi connectivity index (χ2v) is 7.93. The quantitative estimate of drug-likeness (QED) is 0.462. The summed E-state index contributed by atoms with van der Waals surface area (Å²) in [6.07, 6.45) is 0. The van der Waals surface area contributed by atoms with Crippen molar-refractivity contribution in [1.29, 1.82) is 0 Å². The molecule has 0 saturated heterocycles. The molecule has 28 heavy (non-hydrogen) atoms. The predicted octanol–water partition coefficient (Wildman–Crippen LogP) is 2.88. The van der Waals surface area contributed by atoms with E-state index in [0.29, 0.717) is 5.39 Å². The van der Waals surface area contributed by atoms with Gasteiger partial charge in [-0.3, -0.25) is 0 Å². The first-order chi connectivity index (χ1) is 13.3. The molecule has 0 aliphatic heterocycles. The number of sulfone groups is 1. The minimum absolute atomic E-state index is 0.0131. The molecule has 146 valence electrons. The van der Waals surface area contributed by atoms with Crippen LogP contribution in [0, 0.1) is 6.92 Å². The molecular weight excluding hydrogens is 384 g/mol. The van der Waals surface area contributed by atoms with Crippen LogP contribution in [0.1, 0.15) is 12.5 Å². The van der Waals surface area contributed by atoms with Gasteiger partial charge in [-0.25, -0.2) is 18.0 Å². The first kappa shape index (κ1) is 19.6. The van der Waals surface area contributed by atoms with Crippen LogP contribution in [0.25, 0.3) is 11.0 Å². The zero-order valence-corrected chi connectivity index (χ0v) is 16.1. The van der Waals surface area contributed by atoms with Gasteiger partial charge < -0.3 is 13.9 Å². The summed E-state index contributed by atoms with van der Waals surface area (Å²) in [5.41, 5.74) is 0.0738. The lowest BCUT2D eigenvalue weighted by atomic mass is 10.2. The van der Waals surface area contributed by atoms with Gasteiger partial charge in [-0.2, -0.15) is 0 Å². The topological polar surface area (TPSA) is 99.9 Å². The van der Waals surface area contributed by atoms with E-state index in [1.807, 2.05) is 6.92 Å². The minimum atomic E-state index is -4.01. The molecule has 0 amide bonds. The number of carbonyl (C=O) groups excluding carboxylic acids is 1. The Morgan fingerprint density at radius 2 is 1.79 bits per heavy atom. The average molecular weight is 402 g/mol. The van der Waals surface area contributed by atoms with Gasteiger partial charge in [0.15, 0.2) is 11.5 Å². The number of hydrogen-bond donors (Lipinski definition) is 0. The molecule has 3 rings (SSSR count). The summed E-state index contributed by atoms with van der Waals surface area (Å²) in [5, 5.41) is 0.411. The summed E-state index contributed by atoms with van der Waals surface area (Å²) in [6.45, 7) is 3.48. The third kappa shape index (κ3) is 4.07. The monoisotopic (exact) mass is 402 g/mol. The Kier molecular flexibility index (Phi) is 5.51. The van der Waals surface area contributed by atoms with Crippen LogP contribution in [-0.2, 0) is 19.4 Å². The summed E-state index contributed by atoms with van der Waals surface area (Å²) in [4.78, 5) is 23.3. The molecule has 2 aromatic carbocycles. The lowest BCUT2D eigenvalue weighted by molar-refractivity contribution is -0.145. The van der Waals surface area contributed by atoms with Crippen molar-refractivity contribution in [1.82, 2.24) is 0 Å². The third-order valence-corrected chi connectivity index (χ3v) is 5.71. The van der Waals surface area contributed by atoms with Crippen LogP contribution in [0.15, 0.2) is 67.5 Å². The molecule has 0 bridgehead atoms. The highest BCUT2D eigenvalue weighted by molar-refractivity contribution is 7.91. The summed E-state index contributed by atoms with van der Waals surface area (Å²) in [6, 6.07) is 12.0. The lowest BCUT2D eigenvalue weighted by Gasteiger charge is -2.08. The van der Waals surface area contributed by atoms with Crippen molar-refractivity contribution in [3.8, 4) is 5.75 Å². The minimum Gasteiger partial charge on any atom is -0.482 e. The molecule has 0 unspecified atom stereocenters. The number of fused-ring (bicyclic) bond motifs is 1. The zero-order chi connectivity index (χ0) is 20.3. The van der Waals surface area contributed by atoms with Gasteiger partial charge in [0.1, 0.15) is 11.3 Å². The number of rotatable bonds is 6. The van der Waals surface area contributed by atoms with Crippen molar-refractivity contribution in [3.05, 3.63) is 64.5 Å². The van der Waals surface area contributed by atoms with Crippen molar-refractivity contribution in [2.24, 2.45) is 0 Å². The van der Waals surface area contributed by atoms with E-state index in [1.54, 1.807) is 31.2 Å². The highest BCUT2D eigenvalue weighted by atomic mass is 32.2. The van der Waals surface area contributed by atoms with Gasteiger partial charge in [-0.1, -0.05) is 17.7 Å². The van der Waals surface area contributed by atoms with Gasteiger partial charge in [0, 0.05) is 11.5 Å². The normalized spacial score (nSPS) is 11.4. The molecular formula is C20H18O7S. The molecule has 3 aromatic rings. The highest BCUT2D eigenvalue weighted by Gasteiger charge is 2.23. The standard InChI is InChI=1S/C20H18O7S/c1-3-25-19(21)12-26-15-7-6-14-10-18(20(22)27-17(14)11-15)28(23,24)16-8-4-13(2)5-9-16/h4-11H,3,12H2,1-2H3. The van der Waals surface area contributed by atoms with E-state index in [-0.39, 0.29) is 29.4 Å². The maximum absolute atomic E-state index is 12.8. The van der Waals surface area contributed by atoms with Crippen LogP contribution < -0.4 is 10.4 Å². The largest absolute Gasteiger partial charge is 0.482 e. The average Bonchev–Trinajstić information content (AvgIpc) is 2.66. The van der Waals surface area contributed by atoms with Crippen LogP contribution in [0.2, 0.25) is 0 Å². The number of aryl methyl sites for hydroxylation is 1. The first-order valence-electron chi connectivity index (χ1n) is 8.49. The number of esters is 1. The Morgan fingerprint density at radius 3 is 2.46 bits per heavy atom. The van der Waals surface area contributed by atoms with E-state index in [9.17, 15) is 18.0 Å². The Hall–Kier alpha value is -3.13. The second kappa shape index (κ2) is 7.85. The summed E-state index contributed by atoms with van der Waals surface area (Å²) >= 11 is 0. The fourth-order valence-corrected chi connectivity index (χ4v) is 3.83. The highest BCUT2D eigenvalue weighted by Crippen LogP contribution is 2.25. The van der Waals surface area contributed by atoms with Crippen molar-refractivity contribution in [2.45, 2.75) is 23.6 Å². The van der Waals surface area contributed by atoms with E-state index < -0.39 is 26.3 Å². The third-order valence-electron chi connectivity index (χ3n) is 3.96. The number of ether oxygens (including phenoxy) is 2. The van der Waals surface area contributed by atoms with Gasteiger partial charge in [0.05, 0.1) is 11.5 Å². The molecule has 1 heterocycles. The van der Waals surface area contributed by atoms with Gasteiger partial charge >= 0.3 is 11.6 Å². The van der Waals surface area contributed by atoms with Gasteiger partial charge in [-0.05, 0) is 44.2 Å². The second-order valence-electron chi connectivity index (χ2n) is 6.01. The van der Waals surface area contributed by atoms with Crippen LogP contribution in [0.5, 0.6) is 5.75 Å². The van der Waals surface area contributed by atoms with E-state index >= 15 is 0 Å². The maximum Gasteiger partial charge on any atom is 0.355 e. The maximum atomic E-state index is 12.8. The van der Waals surface area contributed by atoms with Crippen LogP contribution >= 0.6 is 0 Å². The molecule has 0 fully saturated rings. The zero-order valence-electron chi connectivity index (χ0n) is 15.3. The fraction of sp³-hybridized carbons (Fsp3) is 0.200. The van der Waals surface area contributed by atoms with Crippen molar-refractivity contribution < 1.29 is 27.1 Å². The predicted molar refractivity (Wildman–Crippen MR) is 101 cm³/mol. The smallest absolute Gasteiger partial charge is 0.355 e. The fourth-order valence-electron chi connectivity index (χ4n) is 2.54. The summed E-state index contributed by atoms with van der Waals surface area (Å²) in [7, 11) is -4.01. The molecule has 8 heteroatoms. The lowest BCUT2D eigenvalue weighted by Crippen LogP contribution is -2.15. The molecule has 0 radical (unpaired) electrons.